The summed E-state index contributed by atoms with van der Waals surface area (Å²) in [5.41, 5.74) is 2.68. The number of carbonyl (C=O) groups excluding carboxylic acids is 1. The van der Waals surface area contributed by atoms with Crippen LogP contribution in [-0.4, -0.2) is 55.2 Å². The van der Waals surface area contributed by atoms with Gasteiger partial charge in [0.05, 0.1) is 13.2 Å². The van der Waals surface area contributed by atoms with Crippen molar-refractivity contribution in [2.75, 3.05) is 39.4 Å². The molecule has 1 aliphatic heterocycles. The summed E-state index contributed by atoms with van der Waals surface area (Å²) in [6.45, 7) is 8.38. The molecule has 1 aromatic heterocycles. The molecule has 24 heavy (non-hydrogen) atoms. The van der Waals surface area contributed by atoms with Crippen molar-refractivity contribution < 1.29 is 9.53 Å². The number of pyridine rings is 1. The van der Waals surface area contributed by atoms with Crippen LogP contribution in [0.5, 0.6) is 0 Å². The van der Waals surface area contributed by atoms with Gasteiger partial charge in [0.25, 0.3) is 5.91 Å². The SMILES string of the molecule is Cc1cc(C)c2c(=O)c(C(=O)NCCN3CCOCC3)c[nH]c2c1. The van der Waals surface area contributed by atoms with E-state index in [-0.39, 0.29) is 16.9 Å². The maximum atomic E-state index is 12.7. The Morgan fingerprint density at radius 2 is 2.04 bits per heavy atom. The summed E-state index contributed by atoms with van der Waals surface area (Å²) >= 11 is 0. The highest BCUT2D eigenvalue weighted by atomic mass is 16.5. The lowest BCUT2D eigenvalue weighted by atomic mass is 10.0. The van der Waals surface area contributed by atoms with E-state index in [1.807, 2.05) is 26.0 Å². The maximum Gasteiger partial charge on any atom is 0.256 e. The number of morpholine rings is 1. The van der Waals surface area contributed by atoms with Crippen LogP contribution in [0, 0.1) is 13.8 Å². The fraction of sp³-hybridized carbons (Fsp3) is 0.444. The van der Waals surface area contributed by atoms with E-state index in [2.05, 4.69) is 15.2 Å². The summed E-state index contributed by atoms with van der Waals surface area (Å²) in [4.78, 5) is 30.3. The first-order chi connectivity index (χ1) is 11.6. The molecule has 1 aliphatic rings. The molecule has 0 radical (unpaired) electrons. The van der Waals surface area contributed by atoms with Crippen LogP contribution in [0.3, 0.4) is 0 Å². The van der Waals surface area contributed by atoms with Gasteiger partial charge in [0.15, 0.2) is 0 Å². The number of H-pyrrole nitrogens is 1. The minimum absolute atomic E-state index is 0.163. The molecule has 0 spiro atoms. The molecule has 128 valence electrons. The number of nitrogens with one attached hydrogen (secondary N) is 2. The van der Waals surface area contributed by atoms with E-state index < -0.39 is 0 Å². The van der Waals surface area contributed by atoms with Crippen LogP contribution in [-0.2, 0) is 4.74 Å². The van der Waals surface area contributed by atoms with E-state index in [4.69, 9.17) is 4.74 Å². The highest BCUT2D eigenvalue weighted by Crippen LogP contribution is 2.15. The summed E-state index contributed by atoms with van der Waals surface area (Å²) in [6, 6.07) is 3.88. The Bertz CT molecular complexity index is 807. The van der Waals surface area contributed by atoms with Crippen molar-refractivity contribution in [3.8, 4) is 0 Å². The number of rotatable bonds is 4. The van der Waals surface area contributed by atoms with Crippen molar-refractivity contribution in [3.63, 3.8) is 0 Å². The molecule has 0 atom stereocenters. The number of aromatic amines is 1. The fourth-order valence-corrected chi connectivity index (χ4v) is 3.15. The predicted octanol–water partition coefficient (Wildman–Crippen LogP) is 1.21. The number of aromatic nitrogens is 1. The quantitative estimate of drug-likeness (QED) is 0.884. The number of fused-ring (bicyclic) bond motifs is 1. The molecule has 0 unspecified atom stereocenters. The molecule has 1 saturated heterocycles. The van der Waals surface area contributed by atoms with Gasteiger partial charge in [-0.05, 0) is 31.0 Å². The minimum atomic E-state index is -0.327. The second-order valence-electron chi connectivity index (χ2n) is 6.25. The first-order valence-corrected chi connectivity index (χ1v) is 8.27. The third-order valence-corrected chi connectivity index (χ3v) is 4.39. The summed E-state index contributed by atoms with van der Waals surface area (Å²) in [5.74, 6) is -0.327. The number of carbonyl (C=O) groups is 1. The smallest absolute Gasteiger partial charge is 0.256 e. The Kier molecular flexibility index (Phi) is 4.97. The fourth-order valence-electron chi connectivity index (χ4n) is 3.15. The molecule has 6 heteroatoms. The Morgan fingerprint density at radius 3 is 2.79 bits per heavy atom. The first-order valence-electron chi connectivity index (χ1n) is 8.27. The summed E-state index contributed by atoms with van der Waals surface area (Å²) in [5, 5.41) is 3.43. The average molecular weight is 329 g/mol. The Labute approximate surface area is 140 Å². The van der Waals surface area contributed by atoms with Gasteiger partial charge in [0, 0.05) is 43.3 Å². The maximum absolute atomic E-state index is 12.7. The standard InChI is InChI=1S/C18H23N3O3/c1-12-9-13(2)16-15(10-12)20-11-14(17(16)22)18(23)19-3-4-21-5-7-24-8-6-21/h9-11H,3-8H2,1-2H3,(H,19,23)(H,20,22). The number of hydrogen-bond acceptors (Lipinski definition) is 4. The molecule has 0 bridgehead atoms. The van der Waals surface area contributed by atoms with Gasteiger partial charge >= 0.3 is 0 Å². The van der Waals surface area contributed by atoms with Crippen LogP contribution in [0.4, 0.5) is 0 Å². The highest BCUT2D eigenvalue weighted by molar-refractivity contribution is 5.97. The van der Waals surface area contributed by atoms with Crippen LogP contribution in [0.15, 0.2) is 23.1 Å². The van der Waals surface area contributed by atoms with Crippen molar-refractivity contribution >= 4 is 16.8 Å². The average Bonchev–Trinajstić information content (AvgIpc) is 2.55. The summed E-state index contributed by atoms with van der Waals surface area (Å²) < 4.78 is 5.30. The number of hydrogen-bond donors (Lipinski definition) is 2. The molecule has 1 amide bonds. The zero-order chi connectivity index (χ0) is 17.1. The van der Waals surface area contributed by atoms with E-state index in [1.165, 1.54) is 6.20 Å². The summed E-state index contributed by atoms with van der Waals surface area (Å²) in [6.07, 6.45) is 1.51. The van der Waals surface area contributed by atoms with Crippen molar-refractivity contribution in [3.05, 3.63) is 45.2 Å². The van der Waals surface area contributed by atoms with E-state index in [0.717, 1.165) is 49.5 Å². The van der Waals surface area contributed by atoms with Crippen molar-refractivity contribution in [1.29, 1.82) is 0 Å². The zero-order valence-electron chi connectivity index (χ0n) is 14.1. The van der Waals surface area contributed by atoms with E-state index >= 15 is 0 Å². The predicted molar refractivity (Wildman–Crippen MR) is 93.6 cm³/mol. The third-order valence-electron chi connectivity index (χ3n) is 4.39. The van der Waals surface area contributed by atoms with Crippen molar-refractivity contribution in [2.45, 2.75) is 13.8 Å². The second kappa shape index (κ2) is 7.15. The number of aryl methyl sites for hydroxylation is 2. The molecule has 2 heterocycles. The molecule has 2 aromatic rings. The molecular formula is C18H23N3O3. The molecule has 6 nitrogen and oxygen atoms in total. The second-order valence-corrected chi connectivity index (χ2v) is 6.25. The molecule has 0 aliphatic carbocycles. The van der Waals surface area contributed by atoms with Crippen molar-refractivity contribution in [1.82, 2.24) is 15.2 Å². The van der Waals surface area contributed by atoms with Gasteiger partial charge in [0.1, 0.15) is 5.56 Å². The molecule has 1 fully saturated rings. The Morgan fingerprint density at radius 1 is 1.29 bits per heavy atom. The number of nitrogens with zero attached hydrogens (tertiary/aromatic N) is 1. The van der Waals surface area contributed by atoms with Crippen LogP contribution < -0.4 is 10.7 Å². The molecule has 0 saturated carbocycles. The minimum Gasteiger partial charge on any atom is -0.379 e. The van der Waals surface area contributed by atoms with Gasteiger partial charge in [-0.15, -0.1) is 0 Å². The molecule has 2 N–H and O–H groups in total. The van der Waals surface area contributed by atoms with E-state index in [1.54, 1.807) is 0 Å². The molecule has 3 rings (SSSR count). The van der Waals surface area contributed by atoms with Gasteiger partial charge in [-0.2, -0.15) is 0 Å². The number of benzene rings is 1. The monoisotopic (exact) mass is 329 g/mol. The van der Waals surface area contributed by atoms with Crippen LogP contribution >= 0.6 is 0 Å². The third kappa shape index (κ3) is 3.49. The molecular weight excluding hydrogens is 306 g/mol. The molecule has 1 aromatic carbocycles. The largest absolute Gasteiger partial charge is 0.379 e. The first kappa shape index (κ1) is 16.7. The highest BCUT2D eigenvalue weighted by Gasteiger charge is 2.15. The van der Waals surface area contributed by atoms with E-state index in [9.17, 15) is 9.59 Å². The summed E-state index contributed by atoms with van der Waals surface area (Å²) in [7, 11) is 0. The van der Waals surface area contributed by atoms with Gasteiger partial charge in [-0.1, -0.05) is 6.07 Å². The Hall–Kier alpha value is -2.18. The lowest BCUT2D eigenvalue weighted by Gasteiger charge is -2.26. The lowest BCUT2D eigenvalue weighted by molar-refractivity contribution is 0.0383. The lowest BCUT2D eigenvalue weighted by Crippen LogP contribution is -2.41. The normalized spacial score (nSPS) is 15.6. The van der Waals surface area contributed by atoms with Crippen LogP contribution in [0.1, 0.15) is 21.5 Å². The van der Waals surface area contributed by atoms with Gasteiger partial charge in [0.2, 0.25) is 5.43 Å². The van der Waals surface area contributed by atoms with Gasteiger partial charge in [-0.25, -0.2) is 0 Å². The zero-order valence-corrected chi connectivity index (χ0v) is 14.1. The van der Waals surface area contributed by atoms with Crippen LogP contribution in [0.2, 0.25) is 0 Å². The number of ether oxygens (including phenoxy) is 1. The van der Waals surface area contributed by atoms with Gasteiger partial charge < -0.3 is 15.0 Å². The number of amides is 1. The van der Waals surface area contributed by atoms with Crippen molar-refractivity contribution in [2.24, 2.45) is 0 Å². The van der Waals surface area contributed by atoms with Crippen LogP contribution in [0.25, 0.3) is 10.9 Å². The van der Waals surface area contributed by atoms with Gasteiger partial charge in [-0.3, -0.25) is 14.5 Å². The topological polar surface area (TPSA) is 74.4 Å². The van der Waals surface area contributed by atoms with E-state index in [0.29, 0.717) is 11.9 Å². The Balaban J connectivity index is 1.73.